The van der Waals surface area contributed by atoms with Gasteiger partial charge in [0.2, 0.25) is 0 Å². The summed E-state index contributed by atoms with van der Waals surface area (Å²) < 4.78 is 50.6. The number of hydrogen-bond donors (Lipinski definition) is 2. The predicted molar refractivity (Wildman–Crippen MR) is 131 cm³/mol. The lowest BCUT2D eigenvalue weighted by molar-refractivity contribution is -0.140. The normalized spacial score (nSPS) is 13.6. The third kappa shape index (κ3) is 5.36. The number of carbonyl (C=O) groups is 1. The molecule has 0 unspecified atom stereocenters. The van der Waals surface area contributed by atoms with Crippen molar-refractivity contribution in [2.24, 2.45) is 5.92 Å². The highest BCUT2D eigenvalue weighted by Crippen LogP contribution is 2.27. The van der Waals surface area contributed by atoms with Crippen molar-refractivity contribution in [1.82, 2.24) is 4.98 Å². The number of fused-ring (bicyclic) bond motifs is 1. The van der Waals surface area contributed by atoms with Gasteiger partial charge in [0.25, 0.3) is 0 Å². The van der Waals surface area contributed by atoms with Crippen molar-refractivity contribution in [1.29, 1.82) is 0 Å². The van der Waals surface area contributed by atoms with E-state index in [2.05, 4.69) is 16.8 Å². The van der Waals surface area contributed by atoms with Gasteiger partial charge in [-0.3, -0.25) is 4.79 Å². The molecule has 0 aliphatic heterocycles. The standard InChI is InChI=1S/C26H23NO4S2/c1-17-3-6-19(7-4-17)8-9-22-10-12-25(32-22)33(30,31)16-21(26(28)29)14-20-15-27-24-11-5-18(2)13-23(20)24/h3-7,10-13,15,21,27H,14,16H2,1-2H3,(H,28,29)/t21-/m1/s1/i5D,11D,15D. The van der Waals surface area contributed by atoms with Crippen LogP contribution in [0.5, 0.6) is 0 Å². The first-order valence-corrected chi connectivity index (χ1v) is 12.6. The largest absolute Gasteiger partial charge is 0.481 e. The van der Waals surface area contributed by atoms with Gasteiger partial charge in [0.05, 0.1) is 20.7 Å². The van der Waals surface area contributed by atoms with Crippen LogP contribution >= 0.6 is 11.3 Å². The van der Waals surface area contributed by atoms with Gasteiger partial charge in [0.15, 0.2) is 9.84 Å². The zero-order valence-electron chi connectivity index (χ0n) is 21.0. The van der Waals surface area contributed by atoms with Gasteiger partial charge in [0, 0.05) is 22.6 Å². The topological polar surface area (TPSA) is 87.2 Å². The summed E-state index contributed by atoms with van der Waals surface area (Å²) in [7, 11) is -3.93. The fourth-order valence-electron chi connectivity index (χ4n) is 3.39. The van der Waals surface area contributed by atoms with Gasteiger partial charge in [0.1, 0.15) is 4.21 Å². The van der Waals surface area contributed by atoms with Crippen molar-refractivity contribution < 1.29 is 22.4 Å². The van der Waals surface area contributed by atoms with Crippen molar-refractivity contribution in [3.63, 3.8) is 0 Å². The van der Waals surface area contributed by atoms with Gasteiger partial charge >= 0.3 is 5.97 Å². The van der Waals surface area contributed by atoms with E-state index in [9.17, 15) is 18.3 Å². The van der Waals surface area contributed by atoms with E-state index < -0.39 is 27.5 Å². The van der Waals surface area contributed by atoms with E-state index in [0.29, 0.717) is 21.4 Å². The van der Waals surface area contributed by atoms with Crippen molar-refractivity contribution in [2.45, 2.75) is 24.5 Å². The summed E-state index contributed by atoms with van der Waals surface area (Å²) in [6.45, 7) is 3.64. The third-order valence-electron chi connectivity index (χ3n) is 5.17. The Hall–Kier alpha value is -3.34. The molecule has 0 amide bonds. The first kappa shape index (κ1) is 19.2. The van der Waals surface area contributed by atoms with E-state index in [4.69, 9.17) is 4.11 Å². The zero-order chi connectivity index (χ0) is 26.2. The molecule has 2 heterocycles. The first-order chi connectivity index (χ1) is 17.0. The molecule has 0 radical (unpaired) electrons. The van der Waals surface area contributed by atoms with Crippen LogP contribution < -0.4 is 0 Å². The molecule has 2 aromatic carbocycles. The maximum atomic E-state index is 13.1. The molecule has 0 saturated heterocycles. The second-order valence-electron chi connectivity index (χ2n) is 7.85. The Kier molecular flexibility index (Phi) is 5.38. The summed E-state index contributed by atoms with van der Waals surface area (Å²) in [5, 5.41) is 10.3. The van der Waals surface area contributed by atoms with Crippen molar-refractivity contribution in [2.75, 3.05) is 5.75 Å². The number of nitrogens with one attached hydrogen (secondary N) is 1. The Balaban J connectivity index is 1.59. The Morgan fingerprint density at radius 2 is 1.88 bits per heavy atom. The number of sulfone groups is 1. The van der Waals surface area contributed by atoms with E-state index in [1.165, 1.54) is 6.07 Å². The summed E-state index contributed by atoms with van der Waals surface area (Å²) in [5.74, 6) is 2.73. The Labute approximate surface area is 201 Å². The van der Waals surface area contributed by atoms with Crippen LogP contribution in [0.25, 0.3) is 10.9 Å². The number of aliphatic carboxylic acids is 1. The molecular weight excluding hydrogens is 454 g/mol. The minimum atomic E-state index is -3.93. The minimum absolute atomic E-state index is 0.0200. The van der Waals surface area contributed by atoms with Crippen LogP contribution in [0, 0.1) is 31.6 Å². The summed E-state index contributed by atoms with van der Waals surface area (Å²) in [5.41, 5.74) is 3.02. The molecule has 2 N–H and O–H groups in total. The second kappa shape index (κ2) is 9.26. The van der Waals surface area contributed by atoms with Crippen LogP contribution in [0.15, 0.2) is 64.9 Å². The maximum Gasteiger partial charge on any atom is 0.307 e. The highest BCUT2D eigenvalue weighted by molar-refractivity contribution is 7.93. The van der Waals surface area contributed by atoms with Crippen molar-refractivity contribution >= 4 is 38.0 Å². The van der Waals surface area contributed by atoms with Gasteiger partial charge < -0.3 is 10.1 Å². The van der Waals surface area contributed by atoms with Gasteiger partial charge in [-0.2, -0.15) is 0 Å². The quantitative estimate of drug-likeness (QED) is 0.382. The second-order valence-corrected chi connectivity index (χ2v) is 11.2. The number of thiophene rings is 1. The van der Waals surface area contributed by atoms with E-state index in [1.54, 1.807) is 19.1 Å². The molecule has 168 valence electrons. The van der Waals surface area contributed by atoms with Gasteiger partial charge in [-0.05, 0) is 62.2 Å². The van der Waals surface area contributed by atoms with Crippen molar-refractivity contribution in [3.8, 4) is 11.8 Å². The van der Waals surface area contributed by atoms with Gasteiger partial charge in [-0.15, -0.1) is 11.3 Å². The molecule has 0 spiro atoms. The number of aromatic nitrogens is 1. The molecular formula is C26H23NO4S2. The van der Waals surface area contributed by atoms with Crippen LogP contribution in [-0.2, 0) is 21.1 Å². The Bertz CT molecular complexity index is 1640. The monoisotopic (exact) mass is 480 g/mol. The molecule has 5 nitrogen and oxygen atoms in total. The molecule has 0 fully saturated rings. The van der Waals surface area contributed by atoms with E-state index >= 15 is 0 Å². The lowest BCUT2D eigenvalue weighted by atomic mass is 10.00. The van der Waals surface area contributed by atoms with Crippen LogP contribution in [0.3, 0.4) is 0 Å². The van der Waals surface area contributed by atoms with Crippen LogP contribution in [0.2, 0.25) is 0 Å². The fraction of sp³-hybridized carbons (Fsp3) is 0.192. The lowest BCUT2D eigenvalue weighted by Gasteiger charge is -2.12. The van der Waals surface area contributed by atoms with Gasteiger partial charge in [-0.25, -0.2) is 8.42 Å². The van der Waals surface area contributed by atoms with Crippen molar-refractivity contribution in [3.05, 3.63) is 87.9 Å². The number of rotatable bonds is 6. The minimum Gasteiger partial charge on any atom is -0.481 e. The molecule has 0 aliphatic carbocycles. The summed E-state index contributed by atoms with van der Waals surface area (Å²) in [4.78, 5) is 15.3. The molecule has 1 atom stereocenters. The average molecular weight is 481 g/mol. The van der Waals surface area contributed by atoms with Crippen LogP contribution in [0.1, 0.15) is 31.2 Å². The van der Waals surface area contributed by atoms with E-state index in [1.807, 2.05) is 31.2 Å². The fourth-order valence-corrected chi connectivity index (χ4v) is 6.19. The summed E-state index contributed by atoms with van der Waals surface area (Å²) in [6, 6.07) is 12.2. The first-order valence-electron chi connectivity index (χ1n) is 11.7. The number of hydrogen-bond acceptors (Lipinski definition) is 4. The van der Waals surface area contributed by atoms with E-state index in [0.717, 1.165) is 22.5 Å². The third-order valence-corrected chi connectivity index (χ3v) is 8.57. The smallest absolute Gasteiger partial charge is 0.307 e. The van der Waals surface area contributed by atoms with Crippen LogP contribution in [0.4, 0.5) is 0 Å². The van der Waals surface area contributed by atoms with Gasteiger partial charge in [-0.1, -0.05) is 41.1 Å². The number of aryl methyl sites for hydroxylation is 2. The molecule has 4 aromatic rings. The molecule has 0 saturated carbocycles. The lowest BCUT2D eigenvalue weighted by Crippen LogP contribution is -2.25. The molecule has 0 aliphatic rings. The SMILES string of the molecule is [2H]c1[nH]c2c([2H])c([2H])c(C)cc2c1C[C@H](CS(=O)(=O)c1ccc(C#Cc2ccc(C)cc2)s1)C(=O)O. The Morgan fingerprint density at radius 3 is 2.61 bits per heavy atom. The zero-order valence-corrected chi connectivity index (χ0v) is 19.7. The maximum absolute atomic E-state index is 13.1. The average Bonchev–Trinajstić information content (AvgIpc) is 3.42. The predicted octanol–water partition coefficient (Wildman–Crippen LogP) is 4.96. The molecule has 2 aromatic heterocycles. The number of aromatic amines is 1. The molecule has 0 bridgehead atoms. The molecule has 7 heteroatoms. The molecule has 4 rings (SSSR count). The highest BCUT2D eigenvalue weighted by atomic mass is 32.2. The van der Waals surface area contributed by atoms with Crippen LogP contribution in [-0.4, -0.2) is 30.2 Å². The number of carboxylic acids is 1. The number of benzene rings is 2. The Morgan fingerprint density at radius 1 is 1.12 bits per heavy atom. The van der Waals surface area contributed by atoms with E-state index in [-0.39, 0.29) is 34.4 Å². The summed E-state index contributed by atoms with van der Waals surface area (Å²) in [6.07, 6.45) is -0.285. The number of carboxylic acid groups (broad SMARTS) is 1. The molecule has 33 heavy (non-hydrogen) atoms. The highest BCUT2D eigenvalue weighted by Gasteiger charge is 2.28. The number of H-pyrrole nitrogens is 1. The summed E-state index contributed by atoms with van der Waals surface area (Å²) >= 11 is 0.992.